The number of halogens is 2. The Kier molecular flexibility index (Phi) is 2.52. The zero-order valence-electron chi connectivity index (χ0n) is 5.49. The highest BCUT2D eigenvalue weighted by Gasteiger charge is 2.05. The predicted octanol–water partition coefficient (Wildman–Crippen LogP) is 2.78. The highest BCUT2D eigenvalue weighted by atomic mass is 79.9. The van der Waals surface area contributed by atoms with Crippen LogP contribution < -0.4 is 5.32 Å². The second-order valence-electron chi connectivity index (χ2n) is 2.01. The van der Waals surface area contributed by atoms with Crippen molar-refractivity contribution in [1.29, 1.82) is 0 Å². The summed E-state index contributed by atoms with van der Waals surface area (Å²) in [4.78, 5) is 4.03. The molecule has 1 aromatic rings. The van der Waals surface area contributed by atoms with E-state index in [0.717, 1.165) is 15.8 Å². The highest BCUT2D eigenvalue weighted by Crippen LogP contribution is 2.30. The summed E-state index contributed by atoms with van der Waals surface area (Å²) in [5.74, 6) is 0. The van der Waals surface area contributed by atoms with Crippen LogP contribution in [0.5, 0.6) is 0 Å². The van der Waals surface area contributed by atoms with Gasteiger partial charge in [-0.1, -0.05) is 15.9 Å². The van der Waals surface area contributed by atoms with E-state index in [9.17, 15) is 0 Å². The minimum absolute atomic E-state index is 0. The molecule has 0 atom stereocenters. The standard InChI is InChI=1S/C7H4BrN2.ClH/c8-5-1-2-6-7(3-5)10-4-9-6;/h1-4H;1H. The van der Waals surface area contributed by atoms with E-state index in [4.69, 9.17) is 0 Å². The average molecular weight is 232 g/mol. The molecule has 0 saturated heterocycles. The number of fused-ring (bicyclic) bond motifs is 1. The molecule has 1 radical (unpaired) electrons. The summed E-state index contributed by atoms with van der Waals surface area (Å²) in [7, 11) is 0. The molecule has 57 valence electrons. The molecule has 11 heavy (non-hydrogen) atoms. The van der Waals surface area contributed by atoms with Gasteiger partial charge in [-0.15, -0.1) is 12.4 Å². The maximum absolute atomic E-state index is 4.04. The number of hydrogen-bond donors (Lipinski definition) is 0. The fraction of sp³-hybridized carbons (Fsp3) is 0. The number of rotatable bonds is 0. The second-order valence-corrected chi connectivity index (χ2v) is 2.92. The molecule has 2 nitrogen and oxygen atoms in total. The molecule has 1 heterocycles. The lowest BCUT2D eigenvalue weighted by molar-refractivity contribution is 1.35. The van der Waals surface area contributed by atoms with Crippen LogP contribution in [0.2, 0.25) is 0 Å². The van der Waals surface area contributed by atoms with Gasteiger partial charge in [-0.2, -0.15) is 0 Å². The second kappa shape index (κ2) is 3.24. The largest absolute Gasteiger partial charge is 0.235 e. The van der Waals surface area contributed by atoms with E-state index in [0.29, 0.717) is 0 Å². The number of nitrogens with zero attached hydrogens (tertiary/aromatic N) is 2. The van der Waals surface area contributed by atoms with Crippen LogP contribution in [0.25, 0.3) is 0 Å². The molecule has 0 fully saturated rings. The number of hydrogen-bond acceptors (Lipinski definition) is 1. The average Bonchev–Trinajstić information content (AvgIpc) is 2.33. The van der Waals surface area contributed by atoms with Gasteiger partial charge >= 0.3 is 0 Å². The summed E-state index contributed by atoms with van der Waals surface area (Å²) in [6.45, 7) is 0. The van der Waals surface area contributed by atoms with E-state index < -0.39 is 0 Å². The fourth-order valence-corrected chi connectivity index (χ4v) is 1.21. The van der Waals surface area contributed by atoms with Crippen molar-refractivity contribution in [3.8, 4) is 0 Å². The third-order valence-corrected chi connectivity index (χ3v) is 1.82. The van der Waals surface area contributed by atoms with Gasteiger partial charge in [-0.05, 0) is 18.2 Å². The molecule has 4 heteroatoms. The van der Waals surface area contributed by atoms with Gasteiger partial charge in [0.25, 0.3) is 0 Å². The van der Waals surface area contributed by atoms with Crippen LogP contribution in [0, 0.1) is 0 Å². The zero-order valence-corrected chi connectivity index (χ0v) is 7.89. The summed E-state index contributed by atoms with van der Waals surface area (Å²) >= 11 is 3.35. The Labute approximate surface area is 79.3 Å². The Balaban J connectivity index is 0.000000605. The summed E-state index contributed by atoms with van der Waals surface area (Å²) in [5, 5.41) is 4.04. The lowest BCUT2D eigenvalue weighted by Crippen LogP contribution is -1.84. The molecule has 0 aliphatic carbocycles. The van der Waals surface area contributed by atoms with Crippen LogP contribution in [0.15, 0.2) is 27.7 Å². The molecule has 0 N–H and O–H groups in total. The lowest BCUT2D eigenvalue weighted by Gasteiger charge is -1.94. The topological polar surface area (TPSA) is 26.5 Å². The Morgan fingerprint density at radius 2 is 2.00 bits per heavy atom. The fourth-order valence-electron chi connectivity index (χ4n) is 0.862. The van der Waals surface area contributed by atoms with Crippen molar-refractivity contribution in [2.24, 2.45) is 4.99 Å². The van der Waals surface area contributed by atoms with E-state index in [2.05, 4.69) is 26.2 Å². The van der Waals surface area contributed by atoms with Gasteiger partial charge in [-0.3, -0.25) is 0 Å². The molecule has 0 saturated carbocycles. The Morgan fingerprint density at radius 3 is 2.82 bits per heavy atom. The van der Waals surface area contributed by atoms with Crippen LogP contribution in [0.3, 0.4) is 0 Å². The van der Waals surface area contributed by atoms with Crippen LogP contribution in [-0.2, 0) is 0 Å². The summed E-state index contributed by atoms with van der Waals surface area (Å²) in [5.41, 5.74) is 1.89. The van der Waals surface area contributed by atoms with Crippen molar-refractivity contribution in [2.75, 3.05) is 0 Å². The molecular weight excluding hydrogens is 227 g/mol. The number of aliphatic imine (C=N–C) groups is 1. The highest BCUT2D eigenvalue weighted by molar-refractivity contribution is 9.10. The first-order chi connectivity index (χ1) is 4.86. The smallest absolute Gasteiger partial charge is 0.116 e. The van der Waals surface area contributed by atoms with E-state index in [-0.39, 0.29) is 12.4 Å². The molecule has 0 amide bonds. The molecule has 0 unspecified atom stereocenters. The molecule has 1 aliphatic rings. The monoisotopic (exact) mass is 231 g/mol. The van der Waals surface area contributed by atoms with Gasteiger partial charge in [0.1, 0.15) is 6.34 Å². The van der Waals surface area contributed by atoms with Crippen molar-refractivity contribution in [2.45, 2.75) is 0 Å². The Morgan fingerprint density at radius 1 is 1.18 bits per heavy atom. The van der Waals surface area contributed by atoms with Gasteiger partial charge in [0.05, 0.1) is 11.4 Å². The Bertz CT molecular complexity index is 298. The summed E-state index contributed by atoms with van der Waals surface area (Å²) < 4.78 is 1.04. The first-order valence-corrected chi connectivity index (χ1v) is 3.68. The normalized spacial score (nSPS) is 11.7. The van der Waals surface area contributed by atoms with E-state index >= 15 is 0 Å². The molecule has 2 rings (SSSR count). The predicted molar refractivity (Wildman–Crippen MR) is 51.3 cm³/mol. The van der Waals surface area contributed by atoms with Crippen molar-refractivity contribution in [3.63, 3.8) is 0 Å². The minimum Gasteiger partial charge on any atom is -0.235 e. The third-order valence-electron chi connectivity index (χ3n) is 1.33. The summed E-state index contributed by atoms with van der Waals surface area (Å²) in [6, 6.07) is 5.84. The Hall–Kier alpha value is -0.540. The van der Waals surface area contributed by atoms with Crippen molar-refractivity contribution >= 4 is 46.1 Å². The molecule has 1 aromatic carbocycles. The zero-order chi connectivity index (χ0) is 6.97. The van der Waals surface area contributed by atoms with Gasteiger partial charge < -0.3 is 0 Å². The van der Waals surface area contributed by atoms with Gasteiger partial charge in [0.15, 0.2) is 0 Å². The van der Waals surface area contributed by atoms with Crippen molar-refractivity contribution < 1.29 is 0 Å². The molecule has 0 bridgehead atoms. The quantitative estimate of drug-likeness (QED) is 0.658. The van der Waals surface area contributed by atoms with E-state index in [1.54, 1.807) is 6.34 Å². The van der Waals surface area contributed by atoms with E-state index in [1.807, 2.05) is 18.2 Å². The first kappa shape index (κ1) is 8.56. The SMILES string of the molecule is Brc1ccc2c(c1)[N]C=N2.Cl. The van der Waals surface area contributed by atoms with Crippen molar-refractivity contribution in [1.82, 2.24) is 5.32 Å². The molecule has 0 spiro atoms. The number of benzene rings is 1. The van der Waals surface area contributed by atoms with Crippen LogP contribution >= 0.6 is 28.3 Å². The summed E-state index contributed by atoms with van der Waals surface area (Å²) in [6.07, 6.45) is 1.57. The van der Waals surface area contributed by atoms with Gasteiger partial charge in [0, 0.05) is 4.47 Å². The third kappa shape index (κ3) is 1.54. The van der Waals surface area contributed by atoms with Crippen LogP contribution in [-0.4, -0.2) is 6.34 Å². The van der Waals surface area contributed by atoms with Crippen molar-refractivity contribution in [3.05, 3.63) is 22.7 Å². The molecule has 0 aromatic heterocycles. The van der Waals surface area contributed by atoms with Gasteiger partial charge in [-0.25, -0.2) is 10.3 Å². The van der Waals surface area contributed by atoms with Gasteiger partial charge in [0.2, 0.25) is 0 Å². The van der Waals surface area contributed by atoms with E-state index in [1.165, 1.54) is 0 Å². The van der Waals surface area contributed by atoms with Crippen LogP contribution in [0.4, 0.5) is 11.4 Å². The maximum atomic E-state index is 4.04. The molecular formula is C7H5BrClN2. The molecule has 1 aliphatic heterocycles. The lowest BCUT2D eigenvalue weighted by atomic mass is 10.3. The maximum Gasteiger partial charge on any atom is 0.116 e. The minimum atomic E-state index is 0. The first-order valence-electron chi connectivity index (χ1n) is 2.89. The van der Waals surface area contributed by atoms with Crippen LogP contribution in [0.1, 0.15) is 0 Å².